The number of carbonyl (C=O) groups excluding carboxylic acids is 1. The van der Waals surface area contributed by atoms with Crippen molar-refractivity contribution in [1.29, 1.82) is 0 Å². The van der Waals surface area contributed by atoms with Crippen LogP contribution in [0.4, 0.5) is 0 Å². The largest absolute Gasteiger partial charge is 0.462 e. The third-order valence-electron chi connectivity index (χ3n) is 6.34. The van der Waals surface area contributed by atoms with Crippen LogP contribution in [-0.4, -0.2) is 12.6 Å². The van der Waals surface area contributed by atoms with E-state index in [1.807, 2.05) is 31.2 Å². The number of hydrogen-bond acceptors (Lipinski definition) is 2. The molecule has 0 radical (unpaired) electrons. The first-order valence-corrected chi connectivity index (χ1v) is 13.6. The molecule has 0 unspecified atom stereocenters. The Kier molecular flexibility index (Phi) is 17.8. The Hall–Kier alpha value is -1.57. The molecule has 0 aliphatic carbocycles. The van der Waals surface area contributed by atoms with Crippen LogP contribution in [0.3, 0.4) is 0 Å². The first-order valence-electron chi connectivity index (χ1n) is 13.6. The van der Waals surface area contributed by atoms with Gasteiger partial charge in [0.2, 0.25) is 0 Å². The fourth-order valence-corrected chi connectivity index (χ4v) is 4.14. The second-order valence-corrected chi connectivity index (χ2v) is 9.50. The van der Waals surface area contributed by atoms with E-state index in [0.717, 1.165) is 24.0 Å². The van der Waals surface area contributed by atoms with Crippen molar-refractivity contribution in [2.75, 3.05) is 6.61 Å². The summed E-state index contributed by atoms with van der Waals surface area (Å²) >= 11 is 0. The molecule has 1 aromatic carbocycles. The molecular formula is C30H50O2. The third kappa shape index (κ3) is 15.3. The van der Waals surface area contributed by atoms with Gasteiger partial charge in [-0.15, -0.1) is 0 Å². The van der Waals surface area contributed by atoms with Crippen LogP contribution in [0, 0.1) is 0 Å². The maximum Gasteiger partial charge on any atom is 0.338 e. The van der Waals surface area contributed by atoms with Gasteiger partial charge in [0.05, 0.1) is 12.2 Å². The van der Waals surface area contributed by atoms with Crippen LogP contribution in [0.2, 0.25) is 0 Å². The zero-order chi connectivity index (χ0) is 23.3. The van der Waals surface area contributed by atoms with Gasteiger partial charge in [-0.05, 0) is 31.0 Å². The zero-order valence-electron chi connectivity index (χ0n) is 21.3. The van der Waals surface area contributed by atoms with Crippen molar-refractivity contribution in [2.24, 2.45) is 0 Å². The smallest absolute Gasteiger partial charge is 0.338 e. The number of esters is 1. The van der Waals surface area contributed by atoms with E-state index in [-0.39, 0.29) is 5.97 Å². The maximum atomic E-state index is 12.1. The van der Waals surface area contributed by atoms with E-state index in [9.17, 15) is 4.79 Å². The monoisotopic (exact) mass is 442 g/mol. The standard InChI is InChI=1S/C30H50O2/c1-4-5-6-7-8-9-10-11-12-13-14-15-16-17-18-19-20-21-26-32-30(31)29-24-22-28(23-25-29)27(2)3/h22-25H,2,4-21,26H2,1,3H3. The molecule has 0 amide bonds. The van der Waals surface area contributed by atoms with Crippen molar-refractivity contribution >= 4 is 11.5 Å². The Morgan fingerprint density at radius 3 is 1.34 bits per heavy atom. The van der Waals surface area contributed by atoms with Gasteiger partial charge in [-0.25, -0.2) is 4.79 Å². The minimum Gasteiger partial charge on any atom is -0.462 e. The number of rotatable bonds is 21. The van der Waals surface area contributed by atoms with Gasteiger partial charge in [-0.3, -0.25) is 0 Å². The predicted octanol–water partition coefficient (Wildman–Crippen LogP) is 9.92. The number of ether oxygens (including phenoxy) is 1. The summed E-state index contributed by atoms with van der Waals surface area (Å²) in [5.74, 6) is -0.217. The highest BCUT2D eigenvalue weighted by atomic mass is 16.5. The van der Waals surface area contributed by atoms with Gasteiger partial charge in [0, 0.05) is 0 Å². The molecule has 0 fully saturated rings. The van der Waals surface area contributed by atoms with E-state index in [2.05, 4.69) is 13.5 Å². The molecule has 0 aliphatic rings. The Bertz CT molecular complexity index is 587. The van der Waals surface area contributed by atoms with E-state index in [4.69, 9.17) is 4.74 Å². The predicted molar refractivity (Wildman–Crippen MR) is 140 cm³/mol. The van der Waals surface area contributed by atoms with Crippen molar-refractivity contribution in [3.63, 3.8) is 0 Å². The molecule has 1 rings (SSSR count). The SMILES string of the molecule is C=C(C)c1ccc(C(=O)OCCCCCCCCCCCCCCCCCCCC)cc1. The molecule has 0 N–H and O–H groups in total. The minimum atomic E-state index is -0.217. The molecule has 0 aromatic heterocycles. The lowest BCUT2D eigenvalue weighted by molar-refractivity contribution is 0.0497. The quantitative estimate of drug-likeness (QED) is 0.140. The third-order valence-corrected chi connectivity index (χ3v) is 6.34. The van der Waals surface area contributed by atoms with Gasteiger partial charge >= 0.3 is 5.97 Å². The molecule has 0 heterocycles. The molecular weight excluding hydrogens is 392 g/mol. The van der Waals surface area contributed by atoms with E-state index >= 15 is 0 Å². The summed E-state index contributed by atoms with van der Waals surface area (Å²) in [6.07, 6.45) is 24.6. The lowest BCUT2D eigenvalue weighted by Gasteiger charge is -2.06. The number of unbranched alkanes of at least 4 members (excludes halogenated alkanes) is 17. The topological polar surface area (TPSA) is 26.3 Å². The van der Waals surface area contributed by atoms with Gasteiger partial charge in [-0.2, -0.15) is 0 Å². The van der Waals surface area contributed by atoms with Gasteiger partial charge in [-0.1, -0.05) is 140 Å². The molecule has 0 saturated heterocycles. The Morgan fingerprint density at radius 2 is 0.969 bits per heavy atom. The first-order chi connectivity index (χ1) is 15.6. The van der Waals surface area contributed by atoms with Crippen LogP contribution < -0.4 is 0 Å². The van der Waals surface area contributed by atoms with Crippen LogP contribution in [0.15, 0.2) is 30.8 Å². The zero-order valence-corrected chi connectivity index (χ0v) is 21.3. The summed E-state index contributed by atoms with van der Waals surface area (Å²) < 4.78 is 5.40. The van der Waals surface area contributed by atoms with Crippen LogP contribution >= 0.6 is 0 Å². The van der Waals surface area contributed by atoms with Crippen LogP contribution in [-0.2, 0) is 4.74 Å². The molecule has 0 spiro atoms. The fraction of sp³-hybridized carbons (Fsp3) is 0.700. The van der Waals surface area contributed by atoms with Gasteiger partial charge < -0.3 is 4.74 Å². The number of hydrogen-bond donors (Lipinski definition) is 0. The van der Waals surface area contributed by atoms with Crippen molar-refractivity contribution in [3.05, 3.63) is 42.0 Å². The molecule has 32 heavy (non-hydrogen) atoms. The Balaban J connectivity index is 1.81. The molecule has 2 nitrogen and oxygen atoms in total. The molecule has 2 heteroatoms. The highest BCUT2D eigenvalue weighted by molar-refractivity contribution is 5.89. The number of benzene rings is 1. The summed E-state index contributed by atoms with van der Waals surface area (Å²) in [6, 6.07) is 7.49. The summed E-state index contributed by atoms with van der Waals surface area (Å²) in [7, 11) is 0. The summed E-state index contributed by atoms with van der Waals surface area (Å²) in [6.45, 7) is 8.69. The average molecular weight is 443 g/mol. The van der Waals surface area contributed by atoms with Gasteiger partial charge in [0.15, 0.2) is 0 Å². The molecule has 0 atom stereocenters. The number of carbonyl (C=O) groups is 1. The van der Waals surface area contributed by atoms with E-state index in [1.165, 1.54) is 103 Å². The van der Waals surface area contributed by atoms with Crippen LogP contribution in [0.1, 0.15) is 145 Å². The second kappa shape index (κ2) is 20.1. The highest BCUT2D eigenvalue weighted by Gasteiger charge is 2.06. The van der Waals surface area contributed by atoms with Crippen LogP contribution in [0.5, 0.6) is 0 Å². The summed E-state index contributed by atoms with van der Waals surface area (Å²) in [4.78, 5) is 12.1. The van der Waals surface area contributed by atoms with Crippen molar-refractivity contribution in [1.82, 2.24) is 0 Å². The molecule has 1 aromatic rings. The Labute approximate surface area is 199 Å². The van der Waals surface area contributed by atoms with Gasteiger partial charge in [0.25, 0.3) is 0 Å². The lowest BCUT2D eigenvalue weighted by atomic mass is 10.0. The molecule has 0 aliphatic heterocycles. The maximum absolute atomic E-state index is 12.1. The van der Waals surface area contributed by atoms with E-state index in [1.54, 1.807) is 0 Å². The molecule has 0 saturated carbocycles. The lowest BCUT2D eigenvalue weighted by Crippen LogP contribution is -2.06. The van der Waals surface area contributed by atoms with Gasteiger partial charge in [0.1, 0.15) is 0 Å². The normalized spacial score (nSPS) is 10.9. The van der Waals surface area contributed by atoms with E-state index < -0.39 is 0 Å². The fourth-order valence-electron chi connectivity index (χ4n) is 4.14. The molecule has 0 bridgehead atoms. The second-order valence-electron chi connectivity index (χ2n) is 9.50. The minimum absolute atomic E-state index is 0.217. The van der Waals surface area contributed by atoms with Crippen molar-refractivity contribution in [2.45, 2.75) is 129 Å². The summed E-state index contributed by atoms with van der Waals surface area (Å²) in [5, 5.41) is 0. The summed E-state index contributed by atoms with van der Waals surface area (Å²) in [5.41, 5.74) is 2.69. The van der Waals surface area contributed by atoms with Crippen molar-refractivity contribution < 1.29 is 9.53 Å². The van der Waals surface area contributed by atoms with Crippen LogP contribution in [0.25, 0.3) is 5.57 Å². The Morgan fingerprint density at radius 1 is 0.625 bits per heavy atom. The number of allylic oxidation sites excluding steroid dienone is 1. The first kappa shape index (κ1) is 28.5. The van der Waals surface area contributed by atoms with E-state index in [0.29, 0.717) is 12.2 Å². The molecule has 182 valence electrons. The average Bonchev–Trinajstić information content (AvgIpc) is 2.80. The highest BCUT2D eigenvalue weighted by Crippen LogP contribution is 2.15. The van der Waals surface area contributed by atoms with Crippen molar-refractivity contribution in [3.8, 4) is 0 Å².